The molecule has 1 aromatic carbocycles. The lowest BCUT2D eigenvalue weighted by Crippen LogP contribution is -2.30. The molecule has 9 heteroatoms. The molecule has 2 aromatic heterocycles. The first-order valence-corrected chi connectivity index (χ1v) is 8.79. The van der Waals surface area contributed by atoms with Gasteiger partial charge in [0.05, 0.1) is 11.8 Å². The maximum atomic E-state index is 12.9. The molecule has 2 N–H and O–H groups in total. The van der Waals surface area contributed by atoms with Gasteiger partial charge in [-0.05, 0) is 47.9 Å². The molecule has 0 aliphatic heterocycles. The van der Waals surface area contributed by atoms with Crippen LogP contribution in [0.3, 0.4) is 0 Å². The van der Waals surface area contributed by atoms with E-state index in [1.165, 1.54) is 47.9 Å². The Labute approximate surface area is 161 Å². The minimum Gasteiger partial charge on any atom is -0.459 e. The van der Waals surface area contributed by atoms with Crippen molar-refractivity contribution in [1.82, 2.24) is 5.32 Å². The van der Waals surface area contributed by atoms with Crippen molar-refractivity contribution in [3.8, 4) is 0 Å². The van der Waals surface area contributed by atoms with Crippen molar-refractivity contribution in [1.29, 1.82) is 0 Å². The zero-order valence-corrected chi connectivity index (χ0v) is 14.9. The van der Waals surface area contributed by atoms with E-state index in [4.69, 9.17) is 4.42 Å². The number of furan rings is 1. The van der Waals surface area contributed by atoms with E-state index in [2.05, 4.69) is 10.6 Å². The van der Waals surface area contributed by atoms with Crippen LogP contribution in [0.15, 0.2) is 70.3 Å². The van der Waals surface area contributed by atoms with Crippen molar-refractivity contribution in [3.05, 3.63) is 82.1 Å². The third-order valence-corrected chi connectivity index (χ3v) is 4.33. The maximum absolute atomic E-state index is 12.9. The van der Waals surface area contributed by atoms with Gasteiger partial charge in [-0.2, -0.15) is 13.2 Å². The summed E-state index contributed by atoms with van der Waals surface area (Å²) in [6, 6.07) is 10.6. The average molecular weight is 406 g/mol. The second-order valence-electron chi connectivity index (χ2n) is 5.54. The monoisotopic (exact) mass is 406 g/mol. The Bertz CT molecular complexity index is 994. The van der Waals surface area contributed by atoms with Gasteiger partial charge in [0.25, 0.3) is 11.8 Å². The molecule has 0 radical (unpaired) electrons. The molecule has 0 fully saturated rings. The lowest BCUT2D eigenvalue weighted by atomic mass is 10.2. The van der Waals surface area contributed by atoms with Gasteiger partial charge in [-0.3, -0.25) is 9.59 Å². The number of hydrogen-bond acceptors (Lipinski definition) is 4. The van der Waals surface area contributed by atoms with Crippen molar-refractivity contribution in [3.63, 3.8) is 0 Å². The van der Waals surface area contributed by atoms with Crippen molar-refractivity contribution >= 4 is 34.9 Å². The number of anilines is 1. The topological polar surface area (TPSA) is 71.3 Å². The number of alkyl halides is 3. The Morgan fingerprint density at radius 3 is 2.54 bits per heavy atom. The fraction of sp³-hybridized carbons (Fsp3) is 0.0526. The van der Waals surface area contributed by atoms with E-state index in [9.17, 15) is 22.8 Å². The van der Waals surface area contributed by atoms with Crippen molar-refractivity contribution < 1.29 is 27.2 Å². The third-order valence-electron chi connectivity index (χ3n) is 3.52. The predicted molar refractivity (Wildman–Crippen MR) is 98.5 cm³/mol. The Hall–Kier alpha value is -3.33. The highest BCUT2D eigenvalue weighted by atomic mass is 32.1. The molecule has 3 rings (SSSR count). The van der Waals surface area contributed by atoms with Gasteiger partial charge in [0.1, 0.15) is 5.70 Å². The van der Waals surface area contributed by atoms with E-state index in [0.717, 1.165) is 12.1 Å². The zero-order valence-electron chi connectivity index (χ0n) is 14.1. The molecular formula is C19H13F3N2O3S. The molecule has 2 amide bonds. The van der Waals surface area contributed by atoms with Crippen molar-refractivity contribution in [2.45, 2.75) is 6.18 Å². The molecule has 0 unspecified atom stereocenters. The van der Waals surface area contributed by atoms with E-state index in [1.807, 2.05) is 0 Å². The van der Waals surface area contributed by atoms with Gasteiger partial charge in [0.15, 0.2) is 5.76 Å². The van der Waals surface area contributed by atoms with Gasteiger partial charge in [-0.1, -0.05) is 12.1 Å². The van der Waals surface area contributed by atoms with Gasteiger partial charge >= 0.3 is 6.18 Å². The first-order chi connectivity index (χ1) is 13.3. The standard InChI is InChI=1S/C19H13F3N2O3S/c20-19(21,22)12-4-1-5-13(10-12)23-17(25)15(11-14-6-3-9-28-14)24-18(26)16-7-2-8-27-16/h1-11H,(H,23,25)(H,24,26). The molecule has 0 aliphatic rings. The Morgan fingerprint density at radius 2 is 1.89 bits per heavy atom. The molecule has 144 valence electrons. The number of halogens is 3. The summed E-state index contributed by atoms with van der Waals surface area (Å²) < 4.78 is 43.6. The minimum absolute atomic E-state index is 0.0102. The van der Waals surface area contributed by atoms with Crippen LogP contribution in [0.1, 0.15) is 21.0 Å². The Kier molecular flexibility index (Phi) is 5.65. The zero-order chi connectivity index (χ0) is 20.1. The van der Waals surface area contributed by atoms with Crippen LogP contribution in [-0.4, -0.2) is 11.8 Å². The van der Waals surface area contributed by atoms with Crippen molar-refractivity contribution in [2.24, 2.45) is 0 Å². The van der Waals surface area contributed by atoms with Crippen LogP contribution in [-0.2, 0) is 11.0 Å². The minimum atomic E-state index is -4.54. The average Bonchev–Trinajstić information content (AvgIpc) is 3.34. The van der Waals surface area contributed by atoms with E-state index >= 15 is 0 Å². The van der Waals surface area contributed by atoms with Crippen LogP contribution in [0.25, 0.3) is 6.08 Å². The van der Waals surface area contributed by atoms with Gasteiger partial charge in [0.2, 0.25) is 0 Å². The molecule has 0 aliphatic carbocycles. The first-order valence-electron chi connectivity index (χ1n) is 7.91. The number of amides is 2. The van der Waals surface area contributed by atoms with Gasteiger partial charge < -0.3 is 15.1 Å². The van der Waals surface area contributed by atoms with Crippen LogP contribution in [0.5, 0.6) is 0 Å². The highest BCUT2D eigenvalue weighted by Crippen LogP contribution is 2.30. The normalized spacial score (nSPS) is 11.9. The lowest BCUT2D eigenvalue weighted by molar-refractivity contribution is -0.137. The number of rotatable bonds is 5. The van der Waals surface area contributed by atoms with Gasteiger partial charge in [-0.15, -0.1) is 11.3 Å². The highest BCUT2D eigenvalue weighted by molar-refractivity contribution is 7.10. The second-order valence-corrected chi connectivity index (χ2v) is 6.52. The van der Waals surface area contributed by atoms with Gasteiger partial charge in [-0.25, -0.2) is 0 Å². The van der Waals surface area contributed by atoms with E-state index < -0.39 is 23.6 Å². The predicted octanol–water partition coefficient (Wildman–Crippen LogP) is 4.77. The summed E-state index contributed by atoms with van der Waals surface area (Å²) in [5.74, 6) is -1.44. The van der Waals surface area contributed by atoms with Gasteiger partial charge in [0, 0.05) is 10.6 Å². The highest BCUT2D eigenvalue weighted by Gasteiger charge is 2.30. The van der Waals surface area contributed by atoms with Crippen LogP contribution in [0.4, 0.5) is 18.9 Å². The number of hydrogen-bond donors (Lipinski definition) is 2. The second kappa shape index (κ2) is 8.13. The molecule has 28 heavy (non-hydrogen) atoms. The largest absolute Gasteiger partial charge is 0.459 e. The van der Waals surface area contributed by atoms with Crippen molar-refractivity contribution in [2.75, 3.05) is 5.32 Å². The summed E-state index contributed by atoms with van der Waals surface area (Å²) in [6.45, 7) is 0. The SMILES string of the molecule is O=C(Nc1cccc(C(F)(F)F)c1)C(=Cc1cccs1)NC(=O)c1ccco1. The summed E-state index contributed by atoms with van der Waals surface area (Å²) in [4.78, 5) is 25.5. The Morgan fingerprint density at radius 1 is 1.07 bits per heavy atom. The van der Waals surface area contributed by atoms with E-state index in [1.54, 1.807) is 17.5 Å². The third kappa shape index (κ3) is 4.89. The smallest absolute Gasteiger partial charge is 0.416 e. The fourth-order valence-corrected chi connectivity index (χ4v) is 2.89. The van der Waals surface area contributed by atoms with Crippen LogP contribution in [0.2, 0.25) is 0 Å². The quantitative estimate of drug-likeness (QED) is 0.600. The molecule has 0 saturated carbocycles. The number of thiophene rings is 1. The lowest BCUT2D eigenvalue weighted by Gasteiger charge is -2.12. The summed E-state index contributed by atoms with van der Waals surface area (Å²) >= 11 is 1.33. The number of benzene rings is 1. The molecule has 5 nitrogen and oxygen atoms in total. The number of carbonyl (C=O) groups excluding carboxylic acids is 2. The van der Waals surface area contributed by atoms with E-state index in [-0.39, 0.29) is 17.1 Å². The molecule has 0 atom stereocenters. The molecule has 0 bridgehead atoms. The molecule has 0 saturated heterocycles. The van der Waals surface area contributed by atoms with Crippen LogP contribution < -0.4 is 10.6 Å². The molecule has 0 spiro atoms. The Balaban J connectivity index is 1.84. The van der Waals surface area contributed by atoms with Crippen LogP contribution in [0, 0.1) is 0 Å². The molecule has 2 heterocycles. The maximum Gasteiger partial charge on any atom is 0.416 e. The fourth-order valence-electron chi connectivity index (χ4n) is 2.24. The summed E-state index contributed by atoms with van der Waals surface area (Å²) in [5.41, 5.74) is -1.08. The summed E-state index contributed by atoms with van der Waals surface area (Å²) in [7, 11) is 0. The molecular weight excluding hydrogens is 393 g/mol. The number of carbonyl (C=O) groups is 2. The number of nitrogens with one attached hydrogen (secondary N) is 2. The van der Waals surface area contributed by atoms with Crippen LogP contribution >= 0.6 is 11.3 Å². The summed E-state index contributed by atoms with van der Waals surface area (Å²) in [5, 5.41) is 6.57. The first kappa shape index (κ1) is 19.4. The van der Waals surface area contributed by atoms with E-state index in [0.29, 0.717) is 4.88 Å². The summed E-state index contributed by atoms with van der Waals surface area (Å²) in [6.07, 6.45) is -1.81. The molecule has 3 aromatic rings.